The summed E-state index contributed by atoms with van der Waals surface area (Å²) in [6.45, 7) is 1.90. The van der Waals surface area contributed by atoms with Crippen molar-refractivity contribution < 1.29 is 24.2 Å². The van der Waals surface area contributed by atoms with Crippen LogP contribution in [0.2, 0.25) is 0 Å². The highest BCUT2D eigenvalue weighted by Gasteiger charge is 2.28. The second-order valence-electron chi connectivity index (χ2n) is 5.88. The van der Waals surface area contributed by atoms with Crippen molar-refractivity contribution in [3.05, 3.63) is 23.8 Å². The smallest absolute Gasteiger partial charge is 0.341 e. The van der Waals surface area contributed by atoms with E-state index < -0.39 is 12.6 Å². The summed E-state index contributed by atoms with van der Waals surface area (Å²) >= 11 is 0. The van der Waals surface area contributed by atoms with Gasteiger partial charge < -0.3 is 20.5 Å². The van der Waals surface area contributed by atoms with Gasteiger partial charge in [-0.05, 0) is 49.9 Å². The minimum absolute atomic E-state index is 0.0863. The SMILES string of the molecule is Cc1cc(OCC(=O)O)ccc1NC(=O)CCCNC(=O)C1CC1. The predicted molar refractivity (Wildman–Crippen MR) is 87.9 cm³/mol. The van der Waals surface area contributed by atoms with Gasteiger partial charge in [0.15, 0.2) is 6.61 Å². The summed E-state index contributed by atoms with van der Waals surface area (Å²) in [5, 5.41) is 14.2. The maximum absolute atomic E-state index is 11.9. The zero-order valence-corrected chi connectivity index (χ0v) is 13.6. The molecule has 1 aliphatic rings. The second kappa shape index (κ2) is 8.33. The number of carbonyl (C=O) groups is 3. The molecule has 0 saturated heterocycles. The Labute approximate surface area is 140 Å². The fourth-order valence-electron chi connectivity index (χ4n) is 2.17. The van der Waals surface area contributed by atoms with Gasteiger partial charge in [0.05, 0.1) is 0 Å². The van der Waals surface area contributed by atoms with Gasteiger partial charge in [0.2, 0.25) is 11.8 Å². The van der Waals surface area contributed by atoms with Crippen molar-refractivity contribution in [2.75, 3.05) is 18.5 Å². The summed E-state index contributed by atoms with van der Waals surface area (Å²) in [7, 11) is 0. The molecule has 130 valence electrons. The van der Waals surface area contributed by atoms with Gasteiger partial charge in [0.1, 0.15) is 5.75 Å². The second-order valence-corrected chi connectivity index (χ2v) is 5.88. The molecule has 1 fully saturated rings. The summed E-state index contributed by atoms with van der Waals surface area (Å²) in [5.74, 6) is -0.459. The Bertz CT molecular complexity index is 625. The van der Waals surface area contributed by atoms with Crippen LogP contribution in [0.3, 0.4) is 0 Å². The Morgan fingerprint density at radius 1 is 1.29 bits per heavy atom. The van der Waals surface area contributed by atoms with Gasteiger partial charge >= 0.3 is 5.97 Å². The average Bonchev–Trinajstić information content (AvgIpc) is 3.36. The van der Waals surface area contributed by atoms with Gasteiger partial charge in [-0.1, -0.05) is 0 Å². The van der Waals surface area contributed by atoms with Crippen LogP contribution in [0.1, 0.15) is 31.2 Å². The number of anilines is 1. The van der Waals surface area contributed by atoms with E-state index in [-0.39, 0.29) is 17.7 Å². The molecule has 7 heteroatoms. The number of ether oxygens (including phenoxy) is 1. The normalized spacial score (nSPS) is 13.2. The molecule has 0 spiro atoms. The number of carboxylic acid groups (broad SMARTS) is 1. The monoisotopic (exact) mass is 334 g/mol. The number of hydrogen-bond donors (Lipinski definition) is 3. The molecule has 0 heterocycles. The molecule has 1 aliphatic carbocycles. The highest BCUT2D eigenvalue weighted by atomic mass is 16.5. The molecule has 3 N–H and O–H groups in total. The topological polar surface area (TPSA) is 105 Å². The van der Waals surface area contributed by atoms with Gasteiger partial charge in [0, 0.05) is 24.6 Å². The summed E-state index contributed by atoms with van der Waals surface area (Å²) in [4.78, 5) is 33.8. The van der Waals surface area contributed by atoms with E-state index in [4.69, 9.17) is 9.84 Å². The molecule has 7 nitrogen and oxygen atoms in total. The first-order chi connectivity index (χ1) is 11.5. The summed E-state index contributed by atoms with van der Waals surface area (Å²) < 4.78 is 5.08. The van der Waals surface area contributed by atoms with Crippen LogP contribution in [-0.4, -0.2) is 36.0 Å². The van der Waals surface area contributed by atoms with Crippen molar-refractivity contribution in [3.8, 4) is 5.75 Å². The fraction of sp³-hybridized carbons (Fsp3) is 0.471. The first kappa shape index (κ1) is 17.8. The van der Waals surface area contributed by atoms with Gasteiger partial charge in [-0.15, -0.1) is 0 Å². The van der Waals surface area contributed by atoms with Crippen LogP contribution in [0.15, 0.2) is 18.2 Å². The third kappa shape index (κ3) is 5.91. The molecule has 0 bridgehead atoms. The van der Waals surface area contributed by atoms with Crippen molar-refractivity contribution >= 4 is 23.5 Å². The number of amides is 2. The van der Waals surface area contributed by atoms with Crippen LogP contribution in [0.5, 0.6) is 5.75 Å². The lowest BCUT2D eigenvalue weighted by Gasteiger charge is -2.11. The summed E-state index contributed by atoms with van der Waals surface area (Å²) in [6.07, 6.45) is 2.85. The maximum atomic E-state index is 11.9. The number of carbonyl (C=O) groups excluding carboxylic acids is 2. The predicted octanol–water partition coefficient (Wildman–Crippen LogP) is 1.70. The van der Waals surface area contributed by atoms with Crippen LogP contribution < -0.4 is 15.4 Å². The Hall–Kier alpha value is -2.57. The molecule has 0 radical (unpaired) electrons. The quantitative estimate of drug-likeness (QED) is 0.596. The average molecular weight is 334 g/mol. The third-order valence-electron chi connectivity index (χ3n) is 3.66. The molecular weight excluding hydrogens is 312 g/mol. The van der Waals surface area contributed by atoms with Gasteiger partial charge in [-0.2, -0.15) is 0 Å². The molecule has 0 unspecified atom stereocenters. The molecular formula is C17H22N2O5. The van der Waals surface area contributed by atoms with Crippen molar-refractivity contribution in [1.29, 1.82) is 0 Å². The molecule has 1 saturated carbocycles. The van der Waals surface area contributed by atoms with Gasteiger partial charge in [0.25, 0.3) is 0 Å². The van der Waals surface area contributed by atoms with Gasteiger partial charge in [-0.3, -0.25) is 9.59 Å². The number of rotatable bonds is 9. The first-order valence-electron chi connectivity index (χ1n) is 7.98. The Balaban J connectivity index is 1.72. The Morgan fingerprint density at radius 3 is 2.67 bits per heavy atom. The molecule has 0 aromatic heterocycles. The molecule has 24 heavy (non-hydrogen) atoms. The van der Waals surface area contributed by atoms with Crippen molar-refractivity contribution in [2.24, 2.45) is 5.92 Å². The highest BCUT2D eigenvalue weighted by molar-refractivity contribution is 5.91. The molecule has 2 rings (SSSR count). The lowest BCUT2D eigenvalue weighted by molar-refractivity contribution is -0.139. The minimum Gasteiger partial charge on any atom is -0.482 e. The summed E-state index contributed by atoms with van der Waals surface area (Å²) in [6, 6.07) is 4.97. The number of benzene rings is 1. The van der Waals surface area contributed by atoms with Crippen molar-refractivity contribution in [1.82, 2.24) is 5.32 Å². The van der Waals surface area contributed by atoms with Crippen LogP contribution in [0.4, 0.5) is 5.69 Å². The zero-order chi connectivity index (χ0) is 17.5. The standard InChI is InChI=1S/C17H22N2O5/c1-11-9-13(24-10-16(21)22)6-7-14(11)19-15(20)3-2-8-18-17(23)12-4-5-12/h6-7,9,12H,2-5,8,10H2,1H3,(H,18,23)(H,19,20)(H,21,22). The van der Waals surface area contributed by atoms with E-state index in [1.165, 1.54) is 0 Å². The molecule has 1 aromatic rings. The molecule has 0 aliphatic heterocycles. The van der Waals surface area contributed by atoms with Crippen LogP contribution in [0.25, 0.3) is 0 Å². The lowest BCUT2D eigenvalue weighted by Crippen LogP contribution is -2.26. The fourth-order valence-corrected chi connectivity index (χ4v) is 2.17. The molecule has 1 aromatic carbocycles. The number of hydrogen-bond acceptors (Lipinski definition) is 4. The number of carboxylic acids is 1. The zero-order valence-electron chi connectivity index (χ0n) is 13.6. The number of aryl methyl sites for hydroxylation is 1. The molecule has 2 amide bonds. The van der Waals surface area contributed by atoms with E-state index in [2.05, 4.69) is 10.6 Å². The van der Waals surface area contributed by atoms with E-state index in [0.29, 0.717) is 30.8 Å². The first-order valence-corrected chi connectivity index (χ1v) is 7.98. The van der Waals surface area contributed by atoms with E-state index >= 15 is 0 Å². The van der Waals surface area contributed by atoms with E-state index in [1.807, 2.05) is 0 Å². The van der Waals surface area contributed by atoms with Crippen molar-refractivity contribution in [2.45, 2.75) is 32.6 Å². The van der Waals surface area contributed by atoms with Crippen LogP contribution >= 0.6 is 0 Å². The highest BCUT2D eigenvalue weighted by Crippen LogP contribution is 2.28. The maximum Gasteiger partial charge on any atom is 0.341 e. The third-order valence-corrected chi connectivity index (χ3v) is 3.66. The van der Waals surface area contributed by atoms with E-state index in [9.17, 15) is 14.4 Å². The molecule has 0 atom stereocenters. The number of nitrogens with one attached hydrogen (secondary N) is 2. The van der Waals surface area contributed by atoms with Gasteiger partial charge in [-0.25, -0.2) is 4.79 Å². The minimum atomic E-state index is -1.04. The van der Waals surface area contributed by atoms with E-state index in [0.717, 1.165) is 18.4 Å². The lowest BCUT2D eigenvalue weighted by atomic mass is 10.2. The van der Waals surface area contributed by atoms with Crippen LogP contribution in [0, 0.1) is 12.8 Å². The number of aliphatic carboxylic acids is 1. The van der Waals surface area contributed by atoms with Crippen LogP contribution in [-0.2, 0) is 14.4 Å². The van der Waals surface area contributed by atoms with Crippen molar-refractivity contribution in [3.63, 3.8) is 0 Å². The Morgan fingerprint density at radius 2 is 2.04 bits per heavy atom. The van der Waals surface area contributed by atoms with E-state index in [1.54, 1.807) is 25.1 Å². The Kier molecular flexibility index (Phi) is 6.17. The largest absolute Gasteiger partial charge is 0.482 e. The summed E-state index contributed by atoms with van der Waals surface area (Å²) in [5.41, 5.74) is 1.44.